The molecule has 2 aliphatic heterocycles. The highest BCUT2D eigenvalue weighted by Gasteiger charge is 2.23. The highest BCUT2D eigenvalue weighted by atomic mass is 32.1. The topological polar surface area (TPSA) is 59.6 Å². The molecule has 1 saturated heterocycles. The number of para-hydroxylation sites is 1. The molecule has 0 radical (unpaired) electrons. The lowest BCUT2D eigenvalue weighted by Crippen LogP contribution is -2.47. The van der Waals surface area contributed by atoms with Crippen LogP contribution in [0.2, 0.25) is 0 Å². The van der Waals surface area contributed by atoms with Gasteiger partial charge in [0.05, 0.1) is 0 Å². The van der Waals surface area contributed by atoms with Gasteiger partial charge in [-0.25, -0.2) is 4.39 Å². The Labute approximate surface area is 239 Å². The summed E-state index contributed by atoms with van der Waals surface area (Å²) in [5.41, 5.74) is 4.91. The number of nitrogens with one attached hydrogen (secondary N) is 2. The molecule has 204 valence electrons. The maximum Gasteiger partial charge on any atom is 0.232 e. The Morgan fingerprint density at radius 2 is 1.40 bits per heavy atom. The highest BCUT2D eigenvalue weighted by Crippen LogP contribution is 2.28. The van der Waals surface area contributed by atoms with Crippen molar-refractivity contribution in [1.82, 2.24) is 15.3 Å². The van der Waals surface area contributed by atoms with Crippen LogP contribution in [-0.4, -0.2) is 47.8 Å². The molecule has 1 aromatic heterocycles. The standard InChI is InChI=1S/C31H32FN7S/c32-26-12-10-23(11-13-26)21-33-31(40)36-30-34-28(38-18-16-37(17-19-38)27-8-2-1-3-9-27)20-29(35-30)39-15-14-24-6-4-5-7-25(24)22-39/h1-13,20H,14-19,21-22H2,(H2,33,34,35,36,40). The number of aromatic nitrogens is 2. The molecule has 0 spiro atoms. The molecule has 4 aromatic rings. The van der Waals surface area contributed by atoms with Gasteiger partial charge < -0.3 is 25.3 Å². The molecule has 2 aliphatic rings. The summed E-state index contributed by atoms with van der Waals surface area (Å²) < 4.78 is 13.3. The van der Waals surface area contributed by atoms with Crippen LogP contribution in [0.1, 0.15) is 16.7 Å². The van der Waals surface area contributed by atoms with E-state index in [1.165, 1.54) is 28.9 Å². The third-order valence-corrected chi connectivity index (χ3v) is 7.72. The lowest BCUT2D eigenvalue weighted by molar-refractivity contribution is 0.627. The number of piperazine rings is 1. The van der Waals surface area contributed by atoms with Gasteiger partial charge in [0.15, 0.2) is 5.11 Å². The Morgan fingerprint density at radius 3 is 2.15 bits per heavy atom. The molecule has 0 unspecified atom stereocenters. The molecule has 0 saturated carbocycles. The Kier molecular flexibility index (Phi) is 7.72. The predicted octanol–water partition coefficient (Wildman–Crippen LogP) is 4.99. The maximum absolute atomic E-state index is 13.3. The van der Waals surface area contributed by atoms with Gasteiger partial charge in [-0.3, -0.25) is 0 Å². The molecular formula is C31H32FN7S. The summed E-state index contributed by atoms with van der Waals surface area (Å²) in [6.45, 7) is 5.73. The van der Waals surface area contributed by atoms with Crippen LogP contribution in [0.5, 0.6) is 0 Å². The van der Waals surface area contributed by atoms with E-state index in [-0.39, 0.29) is 5.82 Å². The predicted molar refractivity (Wildman–Crippen MR) is 164 cm³/mol. The first kappa shape index (κ1) is 26.0. The second-order valence-corrected chi connectivity index (χ2v) is 10.5. The summed E-state index contributed by atoms with van der Waals surface area (Å²) >= 11 is 5.57. The van der Waals surface area contributed by atoms with E-state index in [1.807, 2.05) is 0 Å². The minimum Gasteiger partial charge on any atom is -0.368 e. The van der Waals surface area contributed by atoms with Crippen molar-refractivity contribution in [1.29, 1.82) is 0 Å². The van der Waals surface area contributed by atoms with Gasteiger partial charge in [-0.1, -0.05) is 54.6 Å². The zero-order valence-electron chi connectivity index (χ0n) is 22.3. The largest absolute Gasteiger partial charge is 0.368 e. The summed E-state index contributed by atoms with van der Waals surface area (Å²) in [7, 11) is 0. The van der Waals surface area contributed by atoms with Gasteiger partial charge in [0.1, 0.15) is 17.5 Å². The van der Waals surface area contributed by atoms with Crippen molar-refractivity contribution >= 4 is 40.6 Å². The van der Waals surface area contributed by atoms with Crippen LogP contribution < -0.4 is 25.3 Å². The lowest BCUT2D eigenvalue weighted by atomic mass is 10.00. The first-order chi connectivity index (χ1) is 19.6. The minimum atomic E-state index is -0.257. The first-order valence-corrected chi connectivity index (χ1v) is 14.1. The number of thiocarbonyl (C=S) groups is 1. The van der Waals surface area contributed by atoms with Crippen molar-refractivity contribution in [3.05, 3.63) is 107 Å². The summed E-state index contributed by atoms with van der Waals surface area (Å²) in [4.78, 5) is 16.8. The quantitative estimate of drug-likeness (QED) is 0.324. The number of benzene rings is 3. The molecule has 7 nitrogen and oxygen atoms in total. The molecule has 9 heteroatoms. The van der Waals surface area contributed by atoms with Crippen LogP contribution in [0.25, 0.3) is 0 Å². The molecule has 6 rings (SSSR count). The van der Waals surface area contributed by atoms with Crippen LogP contribution in [0.3, 0.4) is 0 Å². The number of fused-ring (bicyclic) bond motifs is 1. The third kappa shape index (κ3) is 6.15. The summed E-state index contributed by atoms with van der Waals surface area (Å²) in [5, 5.41) is 6.80. The average Bonchev–Trinajstić information content (AvgIpc) is 3.01. The fraction of sp³-hybridized carbons (Fsp3) is 0.258. The molecule has 0 bridgehead atoms. The van der Waals surface area contributed by atoms with Crippen molar-refractivity contribution in [3.63, 3.8) is 0 Å². The van der Waals surface area contributed by atoms with E-state index in [0.29, 0.717) is 17.6 Å². The van der Waals surface area contributed by atoms with E-state index in [2.05, 4.69) is 86.0 Å². The van der Waals surface area contributed by atoms with Gasteiger partial charge >= 0.3 is 0 Å². The van der Waals surface area contributed by atoms with E-state index >= 15 is 0 Å². The van der Waals surface area contributed by atoms with E-state index in [9.17, 15) is 4.39 Å². The van der Waals surface area contributed by atoms with Crippen molar-refractivity contribution < 1.29 is 4.39 Å². The molecule has 3 aromatic carbocycles. The van der Waals surface area contributed by atoms with E-state index in [0.717, 1.165) is 62.9 Å². The smallest absolute Gasteiger partial charge is 0.232 e. The lowest BCUT2D eigenvalue weighted by Gasteiger charge is -2.37. The fourth-order valence-corrected chi connectivity index (χ4v) is 5.42. The molecule has 0 aliphatic carbocycles. The Hall–Kier alpha value is -4.24. The van der Waals surface area contributed by atoms with Crippen molar-refractivity contribution in [2.24, 2.45) is 0 Å². The Bertz CT molecular complexity index is 1460. The molecule has 3 heterocycles. The highest BCUT2D eigenvalue weighted by molar-refractivity contribution is 7.80. The number of nitrogens with zero attached hydrogens (tertiary/aromatic N) is 5. The van der Waals surface area contributed by atoms with E-state index < -0.39 is 0 Å². The van der Waals surface area contributed by atoms with Crippen LogP contribution >= 0.6 is 12.2 Å². The molecule has 0 atom stereocenters. The van der Waals surface area contributed by atoms with Gasteiger partial charge in [-0.15, -0.1) is 0 Å². The van der Waals surface area contributed by atoms with Crippen LogP contribution in [-0.2, 0) is 19.5 Å². The fourth-order valence-electron chi connectivity index (χ4n) is 5.26. The second-order valence-electron chi connectivity index (χ2n) is 10.1. The van der Waals surface area contributed by atoms with Gasteiger partial charge in [-0.05, 0) is 59.6 Å². The maximum atomic E-state index is 13.3. The zero-order chi connectivity index (χ0) is 27.3. The average molecular weight is 554 g/mol. The summed E-state index contributed by atoms with van der Waals surface area (Å²) in [6, 6.07) is 27.6. The van der Waals surface area contributed by atoms with Crippen molar-refractivity contribution in [2.45, 2.75) is 19.5 Å². The molecule has 2 N–H and O–H groups in total. The first-order valence-electron chi connectivity index (χ1n) is 13.7. The number of halogens is 1. The molecule has 40 heavy (non-hydrogen) atoms. The number of rotatable bonds is 6. The Balaban J connectivity index is 1.20. The minimum absolute atomic E-state index is 0.257. The van der Waals surface area contributed by atoms with Gasteiger partial charge in [0, 0.05) is 57.6 Å². The van der Waals surface area contributed by atoms with Gasteiger partial charge in [-0.2, -0.15) is 9.97 Å². The SMILES string of the molecule is Fc1ccc(CNC(=S)Nc2nc(N3CCN(c4ccccc4)CC3)cc(N3CCc4ccccc4C3)n2)cc1. The normalized spacial score (nSPS) is 15.0. The van der Waals surface area contributed by atoms with Crippen LogP contribution in [0.15, 0.2) is 84.9 Å². The van der Waals surface area contributed by atoms with Crippen LogP contribution in [0, 0.1) is 5.82 Å². The third-order valence-electron chi connectivity index (χ3n) is 7.47. The zero-order valence-corrected chi connectivity index (χ0v) is 23.1. The number of hydrogen-bond donors (Lipinski definition) is 2. The number of anilines is 4. The van der Waals surface area contributed by atoms with Crippen molar-refractivity contribution in [2.75, 3.05) is 52.7 Å². The number of hydrogen-bond acceptors (Lipinski definition) is 6. The van der Waals surface area contributed by atoms with E-state index in [1.54, 1.807) is 12.1 Å². The summed E-state index contributed by atoms with van der Waals surface area (Å²) in [6.07, 6.45) is 0.978. The second kappa shape index (κ2) is 11.9. The van der Waals surface area contributed by atoms with E-state index in [4.69, 9.17) is 22.2 Å². The molecule has 1 fully saturated rings. The van der Waals surface area contributed by atoms with Gasteiger partial charge in [0.2, 0.25) is 5.95 Å². The van der Waals surface area contributed by atoms with Crippen LogP contribution in [0.4, 0.5) is 27.7 Å². The monoisotopic (exact) mass is 553 g/mol. The molecule has 0 amide bonds. The van der Waals surface area contributed by atoms with Crippen molar-refractivity contribution in [3.8, 4) is 0 Å². The summed E-state index contributed by atoms with van der Waals surface area (Å²) in [5.74, 6) is 1.98. The Morgan fingerprint density at radius 1 is 0.750 bits per heavy atom. The van der Waals surface area contributed by atoms with Gasteiger partial charge in [0.25, 0.3) is 0 Å². The molecular weight excluding hydrogens is 521 g/mol.